The Morgan fingerprint density at radius 3 is 2.65 bits per heavy atom. The van der Waals surface area contributed by atoms with Crippen LogP contribution >= 0.6 is 0 Å². The zero-order chi connectivity index (χ0) is 16.8. The number of nitrogens with one attached hydrogen (secondary N) is 1. The van der Waals surface area contributed by atoms with Crippen LogP contribution in [-0.4, -0.2) is 29.7 Å². The van der Waals surface area contributed by atoms with Crippen molar-refractivity contribution in [2.45, 2.75) is 33.2 Å². The number of ether oxygens (including phenoxy) is 1. The molecule has 122 valence electrons. The van der Waals surface area contributed by atoms with Gasteiger partial charge in [0.15, 0.2) is 6.61 Å². The van der Waals surface area contributed by atoms with E-state index in [1.807, 2.05) is 44.2 Å². The summed E-state index contributed by atoms with van der Waals surface area (Å²) in [7, 11) is 0. The number of nitrogens with zero attached hydrogens (tertiary/aromatic N) is 1. The van der Waals surface area contributed by atoms with E-state index in [9.17, 15) is 9.59 Å². The van der Waals surface area contributed by atoms with Gasteiger partial charge in [0, 0.05) is 11.6 Å². The number of hydrogen-bond acceptors (Lipinski definition) is 5. The lowest BCUT2D eigenvalue weighted by atomic mass is 10.1. The highest BCUT2D eigenvalue weighted by molar-refractivity contribution is 5.98. The summed E-state index contributed by atoms with van der Waals surface area (Å²) in [5.41, 5.74) is 1.41. The van der Waals surface area contributed by atoms with Gasteiger partial charge in [0.25, 0.3) is 5.91 Å². The van der Waals surface area contributed by atoms with Crippen molar-refractivity contribution in [3.8, 4) is 11.3 Å². The van der Waals surface area contributed by atoms with Gasteiger partial charge in [0.1, 0.15) is 17.0 Å². The molecule has 1 aromatic carbocycles. The van der Waals surface area contributed by atoms with Crippen LogP contribution in [0.25, 0.3) is 11.3 Å². The molecule has 2 rings (SSSR count). The molecule has 6 heteroatoms. The minimum Gasteiger partial charge on any atom is -0.452 e. The Bertz CT molecular complexity index is 679. The van der Waals surface area contributed by atoms with Crippen LogP contribution in [-0.2, 0) is 9.53 Å². The number of aryl methyl sites for hydroxylation is 1. The number of rotatable bonds is 6. The quantitative estimate of drug-likeness (QED) is 0.829. The molecule has 23 heavy (non-hydrogen) atoms. The van der Waals surface area contributed by atoms with Crippen molar-refractivity contribution in [2.24, 2.45) is 0 Å². The smallest absolute Gasteiger partial charge is 0.344 e. The SMILES string of the molecule is CC[C@@H](C)NC(=O)COC(=O)c1c(-c2ccccc2)noc1C. The lowest BCUT2D eigenvalue weighted by Gasteiger charge is -2.11. The predicted molar refractivity (Wildman–Crippen MR) is 84.9 cm³/mol. The first kappa shape index (κ1) is 16.7. The highest BCUT2D eigenvalue weighted by atomic mass is 16.5. The highest BCUT2D eigenvalue weighted by Crippen LogP contribution is 2.25. The van der Waals surface area contributed by atoms with Crippen LogP contribution < -0.4 is 5.32 Å². The summed E-state index contributed by atoms with van der Waals surface area (Å²) in [6.07, 6.45) is 0.808. The monoisotopic (exact) mass is 316 g/mol. The molecule has 6 nitrogen and oxygen atoms in total. The number of hydrogen-bond donors (Lipinski definition) is 1. The number of amides is 1. The highest BCUT2D eigenvalue weighted by Gasteiger charge is 2.23. The first-order valence-electron chi connectivity index (χ1n) is 7.51. The number of esters is 1. The topological polar surface area (TPSA) is 81.4 Å². The number of aromatic nitrogens is 1. The van der Waals surface area contributed by atoms with Crippen molar-refractivity contribution in [3.63, 3.8) is 0 Å². The van der Waals surface area contributed by atoms with E-state index in [-0.39, 0.29) is 24.1 Å². The summed E-state index contributed by atoms with van der Waals surface area (Å²) in [5, 5.41) is 6.66. The summed E-state index contributed by atoms with van der Waals surface area (Å²) in [6, 6.07) is 9.24. The molecule has 1 amide bonds. The fraction of sp³-hybridized carbons (Fsp3) is 0.353. The van der Waals surface area contributed by atoms with Crippen LogP contribution in [0.3, 0.4) is 0 Å². The molecule has 0 radical (unpaired) electrons. The summed E-state index contributed by atoms with van der Waals surface area (Å²) in [6.45, 7) is 5.15. The van der Waals surface area contributed by atoms with Gasteiger partial charge in [0.2, 0.25) is 0 Å². The normalized spacial score (nSPS) is 11.8. The second kappa shape index (κ2) is 7.58. The van der Waals surface area contributed by atoms with Crippen molar-refractivity contribution < 1.29 is 18.8 Å². The molecule has 0 aliphatic carbocycles. The average Bonchev–Trinajstić information content (AvgIpc) is 2.95. The van der Waals surface area contributed by atoms with Gasteiger partial charge in [-0.3, -0.25) is 4.79 Å². The first-order chi connectivity index (χ1) is 11.0. The van der Waals surface area contributed by atoms with Crippen LogP contribution in [0.4, 0.5) is 0 Å². The minimum atomic E-state index is -0.623. The van der Waals surface area contributed by atoms with Crippen molar-refractivity contribution in [1.29, 1.82) is 0 Å². The van der Waals surface area contributed by atoms with Crippen LogP contribution in [0.5, 0.6) is 0 Å². The molecular formula is C17H20N2O4. The Labute approximate surface area is 134 Å². The number of carbonyl (C=O) groups excluding carboxylic acids is 2. The first-order valence-corrected chi connectivity index (χ1v) is 7.51. The fourth-order valence-electron chi connectivity index (χ4n) is 2.03. The summed E-state index contributed by atoms with van der Waals surface area (Å²) >= 11 is 0. The van der Waals surface area contributed by atoms with E-state index in [1.165, 1.54) is 0 Å². The second-order valence-corrected chi connectivity index (χ2v) is 5.28. The maximum atomic E-state index is 12.3. The molecule has 1 N–H and O–H groups in total. The van der Waals surface area contributed by atoms with E-state index in [0.29, 0.717) is 11.5 Å². The molecule has 0 spiro atoms. The lowest BCUT2D eigenvalue weighted by molar-refractivity contribution is -0.124. The van der Waals surface area contributed by atoms with Crippen molar-refractivity contribution in [3.05, 3.63) is 41.7 Å². The van der Waals surface area contributed by atoms with Gasteiger partial charge in [-0.05, 0) is 20.3 Å². The summed E-state index contributed by atoms with van der Waals surface area (Å²) in [5.74, 6) is -0.596. The minimum absolute atomic E-state index is 0.0402. The summed E-state index contributed by atoms with van der Waals surface area (Å²) < 4.78 is 10.2. The van der Waals surface area contributed by atoms with E-state index >= 15 is 0 Å². The predicted octanol–water partition coefficient (Wildman–Crippen LogP) is 2.72. The molecule has 0 saturated heterocycles. The summed E-state index contributed by atoms with van der Waals surface area (Å²) in [4.78, 5) is 24.0. The van der Waals surface area contributed by atoms with Gasteiger partial charge < -0.3 is 14.6 Å². The number of benzene rings is 1. The molecule has 1 heterocycles. The van der Waals surface area contributed by atoms with Crippen molar-refractivity contribution in [2.75, 3.05) is 6.61 Å². The molecule has 1 atom stereocenters. The van der Waals surface area contributed by atoms with Gasteiger partial charge >= 0.3 is 5.97 Å². The Morgan fingerprint density at radius 2 is 2.00 bits per heavy atom. The zero-order valence-corrected chi connectivity index (χ0v) is 13.5. The standard InChI is InChI=1S/C17H20N2O4/c1-4-11(2)18-14(20)10-22-17(21)15-12(3)23-19-16(15)13-8-6-5-7-9-13/h5-9,11H,4,10H2,1-3H3,(H,18,20)/t11-/m1/s1. The molecular weight excluding hydrogens is 296 g/mol. The van der Waals surface area contributed by atoms with E-state index in [1.54, 1.807) is 6.92 Å². The van der Waals surface area contributed by atoms with E-state index < -0.39 is 5.97 Å². The molecule has 2 aromatic rings. The second-order valence-electron chi connectivity index (χ2n) is 5.28. The van der Waals surface area contributed by atoms with Gasteiger partial charge in [-0.15, -0.1) is 0 Å². The van der Waals surface area contributed by atoms with Crippen LogP contribution in [0.15, 0.2) is 34.9 Å². The third kappa shape index (κ3) is 4.18. The van der Waals surface area contributed by atoms with E-state index in [2.05, 4.69) is 10.5 Å². The third-order valence-electron chi connectivity index (χ3n) is 3.47. The third-order valence-corrected chi connectivity index (χ3v) is 3.47. The lowest BCUT2D eigenvalue weighted by Crippen LogP contribution is -2.35. The zero-order valence-electron chi connectivity index (χ0n) is 13.5. The fourth-order valence-corrected chi connectivity index (χ4v) is 2.03. The molecule has 0 aliphatic rings. The van der Waals surface area contributed by atoms with Crippen molar-refractivity contribution >= 4 is 11.9 Å². The Kier molecular flexibility index (Phi) is 5.51. The maximum Gasteiger partial charge on any atom is 0.344 e. The van der Waals surface area contributed by atoms with Crippen LogP contribution in [0.2, 0.25) is 0 Å². The Hall–Kier alpha value is -2.63. The molecule has 1 aromatic heterocycles. The van der Waals surface area contributed by atoms with Gasteiger partial charge in [-0.1, -0.05) is 42.4 Å². The van der Waals surface area contributed by atoms with Gasteiger partial charge in [-0.2, -0.15) is 0 Å². The molecule has 0 fully saturated rings. The van der Waals surface area contributed by atoms with E-state index in [0.717, 1.165) is 12.0 Å². The molecule has 0 saturated carbocycles. The van der Waals surface area contributed by atoms with Crippen LogP contribution in [0, 0.1) is 6.92 Å². The molecule has 0 bridgehead atoms. The van der Waals surface area contributed by atoms with E-state index in [4.69, 9.17) is 9.26 Å². The van der Waals surface area contributed by atoms with Gasteiger partial charge in [0.05, 0.1) is 0 Å². The number of carbonyl (C=O) groups is 2. The van der Waals surface area contributed by atoms with Gasteiger partial charge in [-0.25, -0.2) is 4.79 Å². The van der Waals surface area contributed by atoms with Crippen molar-refractivity contribution in [1.82, 2.24) is 10.5 Å². The maximum absolute atomic E-state index is 12.3. The Balaban J connectivity index is 2.09. The molecule has 0 aliphatic heterocycles. The largest absolute Gasteiger partial charge is 0.452 e. The average molecular weight is 316 g/mol. The molecule has 0 unspecified atom stereocenters. The Morgan fingerprint density at radius 1 is 1.30 bits per heavy atom. The van der Waals surface area contributed by atoms with Crippen LogP contribution in [0.1, 0.15) is 36.4 Å².